The van der Waals surface area contributed by atoms with Crippen LogP contribution in [0.15, 0.2) is 0 Å². The van der Waals surface area contributed by atoms with E-state index >= 15 is 0 Å². The molecule has 0 aromatic heterocycles. The zero-order valence-corrected chi connectivity index (χ0v) is 13.6. The maximum Gasteiger partial charge on any atom is 0.261 e. The monoisotopic (exact) mass is 293 g/mol. The van der Waals surface area contributed by atoms with Gasteiger partial charge in [0.2, 0.25) is 0 Å². The fraction of sp³-hybridized carbons (Fsp3) is 1.00. The van der Waals surface area contributed by atoms with Crippen molar-refractivity contribution in [3.63, 3.8) is 0 Å². The van der Waals surface area contributed by atoms with Crippen LogP contribution in [0.5, 0.6) is 0 Å². The molecule has 1 atom stereocenters. The number of likely N-dealkylation sites (tertiary alicyclic amines) is 1. The molecule has 1 aliphatic rings. The van der Waals surface area contributed by atoms with Crippen LogP contribution >= 0.6 is 0 Å². The van der Waals surface area contributed by atoms with Crippen molar-refractivity contribution in [3.8, 4) is 0 Å². The average molecular weight is 293 g/mol. The summed E-state index contributed by atoms with van der Waals surface area (Å²) in [5, 5.41) is 0. The summed E-state index contributed by atoms with van der Waals surface area (Å²) in [6.07, 6.45) is 12.1. The molecule has 116 valence electrons. The minimum Gasteiger partial charge on any atom is -0.300 e. The van der Waals surface area contributed by atoms with E-state index in [9.17, 15) is 8.42 Å². The van der Waals surface area contributed by atoms with E-state index in [2.05, 4.69) is 18.7 Å². The normalized spacial score (nSPS) is 20.7. The Balaban J connectivity index is 0.000000555. The average Bonchev–Trinajstić information content (AvgIpc) is 2.33. The highest BCUT2D eigenvalue weighted by Crippen LogP contribution is 2.19. The fourth-order valence-corrected chi connectivity index (χ4v) is 2.56. The third-order valence-electron chi connectivity index (χ3n) is 3.52. The molecule has 1 aliphatic heterocycles. The van der Waals surface area contributed by atoms with E-state index in [0.717, 1.165) is 6.04 Å². The van der Waals surface area contributed by atoms with Crippen molar-refractivity contribution < 1.29 is 13.0 Å². The van der Waals surface area contributed by atoms with Crippen LogP contribution in [0.3, 0.4) is 0 Å². The molecule has 0 bridgehead atoms. The van der Waals surface area contributed by atoms with Crippen molar-refractivity contribution in [2.75, 3.05) is 19.3 Å². The highest BCUT2D eigenvalue weighted by Gasteiger charge is 2.19. The number of piperidine rings is 1. The van der Waals surface area contributed by atoms with Crippen molar-refractivity contribution in [1.29, 1.82) is 0 Å². The van der Waals surface area contributed by atoms with Gasteiger partial charge in [0.15, 0.2) is 0 Å². The molecule has 1 rings (SSSR count). The SMILES string of the molecule is CCCCCCN1CCCCC1CC.CS(=O)(=O)O. The number of nitrogens with zero attached hydrogens (tertiary/aromatic N) is 1. The van der Waals surface area contributed by atoms with Crippen LogP contribution in [0.25, 0.3) is 0 Å². The van der Waals surface area contributed by atoms with Gasteiger partial charge in [-0.25, -0.2) is 0 Å². The Morgan fingerprint density at radius 3 is 2.32 bits per heavy atom. The second kappa shape index (κ2) is 10.6. The number of hydrogen-bond acceptors (Lipinski definition) is 3. The van der Waals surface area contributed by atoms with Gasteiger partial charge in [-0.05, 0) is 38.8 Å². The summed E-state index contributed by atoms with van der Waals surface area (Å²) in [6, 6.07) is 0.908. The van der Waals surface area contributed by atoms with Crippen molar-refractivity contribution in [1.82, 2.24) is 4.90 Å². The third kappa shape index (κ3) is 12.6. The first-order valence-corrected chi connectivity index (χ1v) is 9.39. The highest BCUT2D eigenvalue weighted by atomic mass is 32.2. The van der Waals surface area contributed by atoms with Crippen molar-refractivity contribution in [2.45, 2.75) is 71.3 Å². The Morgan fingerprint density at radius 1 is 1.16 bits per heavy atom. The first-order chi connectivity index (χ1) is 8.88. The molecule has 5 heteroatoms. The fourth-order valence-electron chi connectivity index (χ4n) is 2.56. The zero-order chi connectivity index (χ0) is 14.7. The lowest BCUT2D eigenvalue weighted by Crippen LogP contribution is -2.39. The minimum atomic E-state index is -3.67. The molecule has 0 radical (unpaired) electrons. The van der Waals surface area contributed by atoms with E-state index in [4.69, 9.17) is 4.55 Å². The smallest absolute Gasteiger partial charge is 0.261 e. The molecule has 1 heterocycles. The van der Waals surface area contributed by atoms with E-state index in [0.29, 0.717) is 6.26 Å². The van der Waals surface area contributed by atoms with E-state index in [-0.39, 0.29) is 0 Å². The molecule has 0 aromatic carbocycles. The molecule has 1 N–H and O–H groups in total. The van der Waals surface area contributed by atoms with Crippen LogP contribution in [0.4, 0.5) is 0 Å². The summed E-state index contributed by atoms with van der Waals surface area (Å²) >= 11 is 0. The Kier molecular flexibility index (Phi) is 10.6. The van der Waals surface area contributed by atoms with Gasteiger partial charge in [0.25, 0.3) is 10.1 Å². The topological polar surface area (TPSA) is 57.6 Å². The number of unbranched alkanes of at least 4 members (excludes halogenated alkanes) is 3. The third-order valence-corrected chi connectivity index (χ3v) is 3.52. The zero-order valence-electron chi connectivity index (χ0n) is 12.8. The Morgan fingerprint density at radius 2 is 1.79 bits per heavy atom. The van der Waals surface area contributed by atoms with E-state index in [1.165, 1.54) is 64.5 Å². The maximum atomic E-state index is 9.19. The van der Waals surface area contributed by atoms with E-state index in [1.54, 1.807) is 0 Å². The van der Waals surface area contributed by atoms with Gasteiger partial charge in [-0.2, -0.15) is 8.42 Å². The molecule has 4 nitrogen and oxygen atoms in total. The second-order valence-electron chi connectivity index (χ2n) is 5.39. The molecular weight excluding hydrogens is 262 g/mol. The lowest BCUT2D eigenvalue weighted by molar-refractivity contribution is 0.141. The summed E-state index contributed by atoms with van der Waals surface area (Å²) in [4.78, 5) is 2.74. The summed E-state index contributed by atoms with van der Waals surface area (Å²) in [6.45, 7) is 7.36. The Hall–Kier alpha value is -0.130. The first kappa shape index (κ1) is 18.9. The van der Waals surface area contributed by atoms with Gasteiger partial charge in [-0.3, -0.25) is 4.55 Å². The molecular formula is C14H31NO3S. The number of rotatable bonds is 6. The molecule has 1 saturated heterocycles. The highest BCUT2D eigenvalue weighted by molar-refractivity contribution is 7.85. The molecule has 1 unspecified atom stereocenters. The Bertz CT molecular complexity index is 296. The Labute approximate surface area is 119 Å². The largest absolute Gasteiger partial charge is 0.300 e. The quantitative estimate of drug-likeness (QED) is 0.603. The van der Waals surface area contributed by atoms with Crippen molar-refractivity contribution in [2.24, 2.45) is 0 Å². The van der Waals surface area contributed by atoms with Crippen LogP contribution in [-0.4, -0.2) is 43.3 Å². The van der Waals surface area contributed by atoms with Crippen molar-refractivity contribution in [3.05, 3.63) is 0 Å². The van der Waals surface area contributed by atoms with Gasteiger partial charge < -0.3 is 4.90 Å². The summed E-state index contributed by atoms with van der Waals surface area (Å²) in [5.41, 5.74) is 0. The number of hydrogen-bond donors (Lipinski definition) is 1. The van der Waals surface area contributed by atoms with E-state index < -0.39 is 10.1 Å². The van der Waals surface area contributed by atoms with Gasteiger partial charge in [-0.15, -0.1) is 0 Å². The van der Waals surface area contributed by atoms with Gasteiger partial charge in [0, 0.05) is 6.04 Å². The van der Waals surface area contributed by atoms with Crippen molar-refractivity contribution >= 4 is 10.1 Å². The van der Waals surface area contributed by atoms with E-state index in [1.807, 2.05) is 0 Å². The molecule has 0 spiro atoms. The standard InChI is InChI=1S/C13H27N.CH4O3S/c1-3-5-6-8-11-14-12-9-7-10-13(14)4-2;1-5(2,3)4/h13H,3-12H2,1-2H3;1H3,(H,2,3,4). The maximum absolute atomic E-state index is 9.19. The molecule has 0 saturated carbocycles. The minimum absolute atomic E-state index is 0.715. The molecule has 0 aliphatic carbocycles. The van der Waals surface area contributed by atoms with Crippen LogP contribution in [0.2, 0.25) is 0 Å². The first-order valence-electron chi connectivity index (χ1n) is 7.55. The predicted molar refractivity (Wildman–Crippen MR) is 81.1 cm³/mol. The van der Waals surface area contributed by atoms with Crippen LogP contribution in [0, 0.1) is 0 Å². The molecule has 19 heavy (non-hydrogen) atoms. The summed E-state index contributed by atoms with van der Waals surface area (Å²) in [5.74, 6) is 0. The van der Waals surface area contributed by atoms with Crippen LogP contribution in [0.1, 0.15) is 65.2 Å². The van der Waals surface area contributed by atoms with Gasteiger partial charge in [0.1, 0.15) is 0 Å². The lowest BCUT2D eigenvalue weighted by atomic mass is 9.99. The lowest BCUT2D eigenvalue weighted by Gasteiger charge is -2.35. The van der Waals surface area contributed by atoms with Crippen LogP contribution < -0.4 is 0 Å². The molecule has 1 fully saturated rings. The summed E-state index contributed by atoms with van der Waals surface area (Å²) in [7, 11) is -3.67. The van der Waals surface area contributed by atoms with Gasteiger partial charge in [-0.1, -0.05) is 39.5 Å². The second-order valence-corrected chi connectivity index (χ2v) is 6.85. The molecule has 0 aromatic rings. The molecule has 0 amide bonds. The summed E-state index contributed by atoms with van der Waals surface area (Å²) < 4.78 is 25.9. The van der Waals surface area contributed by atoms with Crippen LogP contribution in [-0.2, 0) is 10.1 Å². The predicted octanol–water partition coefficient (Wildman–Crippen LogP) is 3.34. The van der Waals surface area contributed by atoms with Gasteiger partial charge >= 0.3 is 0 Å². The van der Waals surface area contributed by atoms with Gasteiger partial charge in [0.05, 0.1) is 6.26 Å².